The van der Waals surface area contributed by atoms with E-state index in [1.807, 2.05) is 0 Å². The molecule has 2 amide bonds. The van der Waals surface area contributed by atoms with Crippen LogP contribution in [0.3, 0.4) is 0 Å². The van der Waals surface area contributed by atoms with Gasteiger partial charge in [-0.15, -0.1) is 10.2 Å². The minimum Gasteiger partial charge on any atom is -0.450 e. The number of nitrogens with zero attached hydrogens (tertiary/aromatic N) is 3. The molecule has 0 fully saturated rings. The van der Waals surface area contributed by atoms with Gasteiger partial charge in [0, 0.05) is 17.3 Å². The van der Waals surface area contributed by atoms with Crippen molar-refractivity contribution in [1.82, 2.24) is 10.2 Å². The predicted molar refractivity (Wildman–Crippen MR) is 117 cm³/mol. The summed E-state index contributed by atoms with van der Waals surface area (Å²) in [6.07, 6.45) is -0.607. The number of nitro groups is 1. The van der Waals surface area contributed by atoms with E-state index in [9.17, 15) is 19.7 Å². The first kappa shape index (κ1) is 22.6. The van der Waals surface area contributed by atoms with E-state index in [0.29, 0.717) is 11.4 Å². The highest BCUT2D eigenvalue weighted by molar-refractivity contribution is 7.13. The van der Waals surface area contributed by atoms with Gasteiger partial charge in [-0.1, -0.05) is 11.3 Å². The number of anilines is 2. The maximum atomic E-state index is 12.3. The number of rotatable bonds is 6. The highest BCUT2D eigenvalue weighted by Gasteiger charge is 2.20. The number of carbonyl (C=O) groups excluding carboxylic acids is 2. The van der Waals surface area contributed by atoms with Crippen LogP contribution in [-0.4, -0.2) is 32.7 Å². The van der Waals surface area contributed by atoms with Crippen molar-refractivity contribution >= 4 is 39.8 Å². The molecule has 2 aromatic carbocycles. The molecule has 0 aliphatic rings. The van der Waals surface area contributed by atoms with E-state index in [4.69, 9.17) is 9.47 Å². The molecule has 0 aliphatic carbocycles. The van der Waals surface area contributed by atoms with Crippen LogP contribution in [0.15, 0.2) is 48.0 Å². The first-order chi connectivity index (χ1) is 15.1. The molecular formula is C20H19N5O6S. The van der Waals surface area contributed by atoms with Crippen LogP contribution in [0.2, 0.25) is 0 Å². The Labute approximate surface area is 186 Å². The number of amides is 2. The molecule has 0 aliphatic heterocycles. The lowest BCUT2D eigenvalue weighted by molar-refractivity contribution is -0.385. The van der Waals surface area contributed by atoms with Crippen molar-refractivity contribution in [3.63, 3.8) is 0 Å². The number of ether oxygens (including phenoxy) is 2. The van der Waals surface area contributed by atoms with Gasteiger partial charge >= 0.3 is 11.8 Å². The second kappa shape index (κ2) is 9.39. The van der Waals surface area contributed by atoms with Crippen LogP contribution < -0.4 is 15.4 Å². The summed E-state index contributed by atoms with van der Waals surface area (Å²) in [6, 6.07) is 10.0. The first-order valence-corrected chi connectivity index (χ1v) is 10.1. The zero-order valence-electron chi connectivity index (χ0n) is 17.3. The van der Waals surface area contributed by atoms with Crippen LogP contribution in [-0.2, 0) is 4.74 Å². The number of nitro benzene ring substituents is 1. The highest BCUT2D eigenvalue weighted by atomic mass is 32.1. The molecule has 0 atom stereocenters. The molecule has 0 unspecified atom stereocenters. The largest absolute Gasteiger partial charge is 0.450 e. The third kappa shape index (κ3) is 6.22. The van der Waals surface area contributed by atoms with E-state index in [2.05, 4.69) is 20.8 Å². The molecule has 11 nitrogen and oxygen atoms in total. The molecule has 166 valence electrons. The average molecular weight is 457 g/mol. The van der Waals surface area contributed by atoms with Crippen LogP contribution >= 0.6 is 11.3 Å². The molecule has 3 rings (SSSR count). The fourth-order valence-electron chi connectivity index (χ4n) is 2.44. The van der Waals surface area contributed by atoms with Gasteiger partial charge < -0.3 is 9.47 Å². The van der Waals surface area contributed by atoms with Crippen molar-refractivity contribution in [3.05, 3.63) is 63.7 Å². The van der Waals surface area contributed by atoms with Gasteiger partial charge in [0.25, 0.3) is 5.91 Å². The maximum absolute atomic E-state index is 12.3. The van der Waals surface area contributed by atoms with Crippen molar-refractivity contribution < 1.29 is 24.0 Å². The maximum Gasteiger partial charge on any atom is 0.412 e. The van der Waals surface area contributed by atoms with Crippen LogP contribution in [0, 0.1) is 10.1 Å². The van der Waals surface area contributed by atoms with Gasteiger partial charge in [-0.05, 0) is 57.2 Å². The zero-order chi connectivity index (χ0) is 23.3. The normalized spacial score (nSPS) is 10.8. The van der Waals surface area contributed by atoms with Crippen molar-refractivity contribution in [2.45, 2.75) is 26.4 Å². The number of nitrogens with one attached hydrogen (secondary N) is 2. The molecule has 3 aromatic rings. The van der Waals surface area contributed by atoms with Gasteiger partial charge in [-0.2, -0.15) is 0 Å². The van der Waals surface area contributed by atoms with Crippen molar-refractivity contribution in [3.8, 4) is 11.5 Å². The summed E-state index contributed by atoms with van der Waals surface area (Å²) in [5, 5.41) is 24.2. The smallest absolute Gasteiger partial charge is 0.412 e. The minimum atomic E-state index is -0.643. The Morgan fingerprint density at radius 1 is 1.09 bits per heavy atom. The summed E-state index contributed by atoms with van der Waals surface area (Å²) in [5.74, 6) is -0.307. The summed E-state index contributed by atoms with van der Waals surface area (Å²) < 4.78 is 10.8. The number of hydrogen-bond acceptors (Lipinski definition) is 9. The topological polar surface area (TPSA) is 146 Å². The minimum absolute atomic E-state index is 0.0460. The Bertz CT molecular complexity index is 1130. The Morgan fingerprint density at radius 3 is 2.41 bits per heavy atom. The molecule has 0 saturated heterocycles. The van der Waals surface area contributed by atoms with Gasteiger partial charge in [-0.3, -0.25) is 25.5 Å². The molecule has 1 heterocycles. The van der Waals surface area contributed by atoms with Gasteiger partial charge in [0.05, 0.1) is 4.92 Å². The SMILES string of the molecule is CC(C)(C)OC(=O)Nc1ccc(Oc2ccc(C(=O)Nc3nncs3)cc2[N+](=O)[O-])cc1. The van der Waals surface area contributed by atoms with Crippen molar-refractivity contribution in [2.75, 3.05) is 10.6 Å². The fourth-order valence-corrected chi connectivity index (χ4v) is 2.88. The standard InChI is InChI=1S/C20H19N5O6S/c1-20(2,3)31-19(27)22-13-5-7-14(8-6-13)30-16-9-4-12(10-15(16)25(28)29)17(26)23-18-24-21-11-32-18/h4-11H,1-3H3,(H,22,27)(H,23,24,26). The van der Waals surface area contributed by atoms with Crippen LogP contribution in [0.5, 0.6) is 11.5 Å². The predicted octanol–water partition coefficient (Wildman–Crippen LogP) is 4.84. The van der Waals surface area contributed by atoms with E-state index < -0.39 is 22.5 Å². The first-order valence-electron chi connectivity index (χ1n) is 9.24. The van der Waals surface area contributed by atoms with Gasteiger partial charge in [0.2, 0.25) is 10.9 Å². The highest BCUT2D eigenvalue weighted by Crippen LogP contribution is 2.33. The van der Waals surface area contributed by atoms with Crippen molar-refractivity contribution in [1.29, 1.82) is 0 Å². The molecule has 12 heteroatoms. The summed E-state index contributed by atoms with van der Waals surface area (Å²) in [5.41, 5.74) is 0.960. The molecule has 2 N–H and O–H groups in total. The van der Waals surface area contributed by atoms with Gasteiger partial charge in [-0.25, -0.2) is 4.79 Å². The van der Waals surface area contributed by atoms with Crippen LogP contribution in [0.1, 0.15) is 31.1 Å². The summed E-state index contributed by atoms with van der Waals surface area (Å²) in [6.45, 7) is 5.25. The van der Waals surface area contributed by atoms with E-state index in [1.54, 1.807) is 32.9 Å². The molecule has 0 saturated carbocycles. The molecule has 0 bridgehead atoms. The van der Waals surface area contributed by atoms with E-state index in [-0.39, 0.29) is 22.1 Å². The van der Waals surface area contributed by atoms with Crippen LogP contribution in [0.4, 0.5) is 21.3 Å². The van der Waals surface area contributed by atoms with Crippen molar-refractivity contribution in [2.24, 2.45) is 0 Å². The molecule has 1 aromatic heterocycles. The lowest BCUT2D eigenvalue weighted by atomic mass is 10.1. The van der Waals surface area contributed by atoms with Gasteiger partial charge in [0.1, 0.15) is 16.9 Å². The van der Waals surface area contributed by atoms with E-state index in [0.717, 1.165) is 17.4 Å². The Kier molecular flexibility index (Phi) is 6.64. The van der Waals surface area contributed by atoms with Crippen LogP contribution in [0.25, 0.3) is 0 Å². The fraction of sp³-hybridized carbons (Fsp3) is 0.200. The van der Waals surface area contributed by atoms with E-state index in [1.165, 1.54) is 29.8 Å². The average Bonchev–Trinajstić information content (AvgIpc) is 3.21. The Balaban J connectivity index is 1.71. The molecular weight excluding hydrogens is 438 g/mol. The quantitative estimate of drug-likeness (QED) is 0.395. The summed E-state index contributed by atoms with van der Waals surface area (Å²) in [7, 11) is 0. The Morgan fingerprint density at radius 2 is 1.81 bits per heavy atom. The number of aromatic nitrogens is 2. The summed E-state index contributed by atoms with van der Waals surface area (Å²) >= 11 is 1.12. The summed E-state index contributed by atoms with van der Waals surface area (Å²) in [4.78, 5) is 35.0. The molecule has 0 spiro atoms. The number of carbonyl (C=O) groups is 2. The lowest BCUT2D eigenvalue weighted by Crippen LogP contribution is -2.27. The lowest BCUT2D eigenvalue weighted by Gasteiger charge is -2.19. The molecule has 32 heavy (non-hydrogen) atoms. The second-order valence-corrected chi connectivity index (χ2v) is 8.22. The zero-order valence-corrected chi connectivity index (χ0v) is 18.1. The van der Waals surface area contributed by atoms with E-state index >= 15 is 0 Å². The third-order valence-electron chi connectivity index (χ3n) is 3.73. The Hall–Kier alpha value is -4.06. The monoisotopic (exact) mass is 457 g/mol. The third-order valence-corrected chi connectivity index (χ3v) is 4.33. The van der Waals surface area contributed by atoms with Gasteiger partial charge in [0.15, 0.2) is 0 Å². The molecule has 0 radical (unpaired) electrons. The number of hydrogen-bond donors (Lipinski definition) is 2. The number of benzene rings is 2. The second-order valence-electron chi connectivity index (χ2n) is 7.39.